The summed E-state index contributed by atoms with van der Waals surface area (Å²) < 4.78 is 5.51. The minimum Gasteiger partial charge on any atom is -0.481 e. The summed E-state index contributed by atoms with van der Waals surface area (Å²) in [6.45, 7) is 2.73. The molecule has 4 heteroatoms. The molecule has 2 aromatic carbocycles. The van der Waals surface area contributed by atoms with Gasteiger partial charge in [-0.1, -0.05) is 47.3 Å². The molecular weight excluding hydrogens is 305 g/mol. The number of rotatable bonds is 5. The lowest BCUT2D eigenvalue weighted by molar-refractivity contribution is 0.366. The van der Waals surface area contributed by atoms with Crippen LogP contribution in [0, 0.1) is 19.3 Å². The van der Waals surface area contributed by atoms with E-state index < -0.39 is 0 Å². The number of hydrogen-bond donors (Lipinski definition) is 1. The maximum absolute atomic E-state index is 6.21. The van der Waals surface area contributed by atoms with Crippen LogP contribution in [0.4, 0.5) is 5.69 Å². The fraction of sp³-hybridized carbons (Fsp3) is 0.176. The molecule has 21 heavy (non-hydrogen) atoms. The van der Waals surface area contributed by atoms with E-state index in [-0.39, 0.29) is 6.61 Å². The van der Waals surface area contributed by atoms with Gasteiger partial charge in [-0.25, -0.2) is 0 Å². The average Bonchev–Trinajstić information content (AvgIpc) is 2.48. The molecule has 0 saturated heterocycles. The molecule has 0 unspecified atom stereocenters. The van der Waals surface area contributed by atoms with Crippen molar-refractivity contribution in [1.29, 1.82) is 0 Å². The first-order valence-corrected chi connectivity index (χ1v) is 7.21. The van der Waals surface area contributed by atoms with Crippen LogP contribution < -0.4 is 10.1 Å². The summed E-state index contributed by atoms with van der Waals surface area (Å²) in [7, 11) is 0. The highest BCUT2D eigenvalue weighted by atomic mass is 35.5. The SMILES string of the molecule is C#CCOc1ccccc1CNc1cc(Cl)c(C)cc1Cl. The second kappa shape index (κ2) is 7.26. The largest absolute Gasteiger partial charge is 0.481 e. The molecule has 0 bridgehead atoms. The molecule has 0 aromatic heterocycles. The van der Waals surface area contributed by atoms with Crippen molar-refractivity contribution in [3.8, 4) is 18.1 Å². The Hall–Kier alpha value is -1.82. The highest BCUT2D eigenvalue weighted by molar-refractivity contribution is 6.35. The van der Waals surface area contributed by atoms with Crippen LogP contribution in [0.3, 0.4) is 0 Å². The van der Waals surface area contributed by atoms with E-state index in [4.69, 9.17) is 34.4 Å². The molecule has 2 aromatic rings. The predicted molar refractivity (Wildman–Crippen MR) is 89.3 cm³/mol. The lowest BCUT2D eigenvalue weighted by Crippen LogP contribution is -2.04. The monoisotopic (exact) mass is 319 g/mol. The fourth-order valence-corrected chi connectivity index (χ4v) is 2.33. The molecular formula is C17H15Cl2NO. The zero-order valence-electron chi connectivity index (χ0n) is 11.6. The van der Waals surface area contributed by atoms with E-state index in [1.54, 1.807) is 0 Å². The maximum Gasteiger partial charge on any atom is 0.148 e. The van der Waals surface area contributed by atoms with Gasteiger partial charge < -0.3 is 10.1 Å². The van der Waals surface area contributed by atoms with Gasteiger partial charge in [-0.2, -0.15) is 0 Å². The van der Waals surface area contributed by atoms with Crippen LogP contribution in [-0.2, 0) is 6.54 Å². The number of nitrogens with one attached hydrogen (secondary N) is 1. The first-order chi connectivity index (χ1) is 10.1. The number of anilines is 1. The average molecular weight is 320 g/mol. The Morgan fingerprint density at radius 3 is 2.71 bits per heavy atom. The van der Waals surface area contributed by atoms with Gasteiger partial charge in [-0.15, -0.1) is 6.42 Å². The fourth-order valence-electron chi connectivity index (χ4n) is 1.88. The molecule has 0 amide bonds. The summed E-state index contributed by atoms with van der Waals surface area (Å²) >= 11 is 12.3. The first kappa shape index (κ1) is 15.6. The van der Waals surface area contributed by atoms with Crippen LogP contribution >= 0.6 is 23.2 Å². The molecule has 0 atom stereocenters. The number of para-hydroxylation sites is 1. The number of terminal acetylenes is 1. The van der Waals surface area contributed by atoms with Gasteiger partial charge in [0, 0.05) is 17.1 Å². The van der Waals surface area contributed by atoms with Crippen molar-refractivity contribution in [1.82, 2.24) is 0 Å². The second-order valence-electron chi connectivity index (χ2n) is 4.54. The van der Waals surface area contributed by atoms with Gasteiger partial charge in [0.2, 0.25) is 0 Å². The predicted octanol–water partition coefficient (Wildman–Crippen LogP) is 4.93. The van der Waals surface area contributed by atoms with Gasteiger partial charge in [0.15, 0.2) is 0 Å². The number of hydrogen-bond acceptors (Lipinski definition) is 2. The normalized spacial score (nSPS) is 10.0. The van der Waals surface area contributed by atoms with Gasteiger partial charge >= 0.3 is 0 Å². The molecule has 1 N–H and O–H groups in total. The second-order valence-corrected chi connectivity index (χ2v) is 5.35. The summed E-state index contributed by atoms with van der Waals surface area (Å²) in [6.07, 6.45) is 5.22. The number of benzene rings is 2. The molecule has 0 aliphatic heterocycles. The van der Waals surface area contributed by atoms with Crippen molar-refractivity contribution < 1.29 is 4.74 Å². The van der Waals surface area contributed by atoms with Gasteiger partial charge in [-0.05, 0) is 30.7 Å². The van der Waals surface area contributed by atoms with Gasteiger partial charge in [-0.3, -0.25) is 0 Å². The Balaban J connectivity index is 2.13. The van der Waals surface area contributed by atoms with E-state index in [0.29, 0.717) is 16.6 Å². The molecule has 0 fully saturated rings. The highest BCUT2D eigenvalue weighted by Crippen LogP contribution is 2.29. The molecule has 2 rings (SSSR count). The summed E-state index contributed by atoms with van der Waals surface area (Å²) in [4.78, 5) is 0. The van der Waals surface area contributed by atoms with Gasteiger partial charge in [0.25, 0.3) is 0 Å². The van der Waals surface area contributed by atoms with Crippen LogP contribution in [0.2, 0.25) is 10.0 Å². The third-order valence-corrected chi connectivity index (χ3v) is 3.72. The van der Waals surface area contributed by atoms with Crippen LogP contribution in [0.5, 0.6) is 5.75 Å². The van der Waals surface area contributed by atoms with Crippen molar-refractivity contribution in [2.24, 2.45) is 0 Å². The smallest absolute Gasteiger partial charge is 0.148 e. The van der Waals surface area contributed by atoms with E-state index in [9.17, 15) is 0 Å². The van der Waals surface area contributed by atoms with Crippen LogP contribution in [-0.4, -0.2) is 6.61 Å². The summed E-state index contributed by atoms with van der Waals surface area (Å²) in [5, 5.41) is 4.58. The lowest BCUT2D eigenvalue weighted by atomic mass is 10.2. The van der Waals surface area contributed by atoms with E-state index in [0.717, 1.165) is 22.6 Å². The standard InChI is InChI=1S/C17H15Cl2NO/c1-3-8-21-17-7-5-4-6-13(17)11-20-16-10-14(18)12(2)9-15(16)19/h1,4-7,9-10,20H,8,11H2,2H3. The third-order valence-electron chi connectivity index (χ3n) is 3.00. The summed E-state index contributed by atoms with van der Waals surface area (Å²) in [5.74, 6) is 3.22. The van der Waals surface area contributed by atoms with Gasteiger partial charge in [0.05, 0.1) is 10.7 Å². The Morgan fingerprint density at radius 1 is 1.19 bits per heavy atom. The van der Waals surface area contributed by atoms with Crippen molar-refractivity contribution in [2.45, 2.75) is 13.5 Å². The van der Waals surface area contributed by atoms with E-state index in [1.165, 1.54) is 0 Å². The van der Waals surface area contributed by atoms with Crippen LogP contribution in [0.25, 0.3) is 0 Å². The van der Waals surface area contributed by atoms with Crippen molar-refractivity contribution >= 4 is 28.9 Å². The molecule has 0 aliphatic carbocycles. The minimum absolute atomic E-state index is 0.244. The summed E-state index contributed by atoms with van der Waals surface area (Å²) in [5.41, 5.74) is 2.74. The number of aryl methyl sites for hydroxylation is 1. The van der Waals surface area contributed by atoms with E-state index in [2.05, 4.69) is 11.2 Å². The maximum atomic E-state index is 6.21. The molecule has 0 heterocycles. The summed E-state index contributed by atoms with van der Waals surface area (Å²) in [6, 6.07) is 11.4. The Morgan fingerprint density at radius 2 is 1.95 bits per heavy atom. The molecule has 0 saturated carbocycles. The Labute approximate surface area is 135 Å². The Bertz CT molecular complexity index is 677. The van der Waals surface area contributed by atoms with Crippen LogP contribution in [0.15, 0.2) is 36.4 Å². The molecule has 0 spiro atoms. The molecule has 108 valence electrons. The zero-order valence-corrected chi connectivity index (χ0v) is 13.1. The van der Waals surface area contributed by atoms with Gasteiger partial charge in [0.1, 0.15) is 12.4 Å². The Kier molecular flexibility index (Phi) is 5.38. The minimum atomic E-state index is 0.244. The molecule has 0 radical (unpaired) electrons. The molecule has 0 aliphatic rings. The lowest BCUT2D eigenvalue weighted by Gasteiger charge is -2.13. The number of ether oxygens (including phenoxy) is 1. The topological polar surface area (TPSA) is 21.3 Å². The zero-order chi connectivity index (χ0) is 15.2. The van der Waals surface area contributed by atoms with Crippen molar-refractivity contribution in [3.63, 3.8) is 0 Å². The van der Waals surface area contributed by atoms with E-state index in [1.807, 2.05) is 43.3 Å². The first-order valence-electron chi connectivity index (χ1n) is 6.45. The number of halogens is 2. The highest BCUT2D eigenvalue weighted by Gasteiger charge is 2.07. The third kappa shape index (κ3) is 4.07. The molecule has 2 nitrogen and oxygen atoms in total. The van der Waals surface area contributed by atoms with Crippen LogP contribution in [0.1, 0.15) is 11.1 Å². The quantitative estimate of drug-likeness (QED) is 0.789. The van der Waals surface area contributed by atoms with E-state index >= 15 is 0 Å². The van der Waals surface area contributed by atoms with Crippen molar-refractivity contribution in [2.75, 3.05) is 11.9 Å². The van der Waals surface area contributed by atoms with Crippen molar-refractivity contribution in [3.05, 3.63) is 57.6 Å².